The molecule has 0 bridgehead atoms. The van der Waals surface area contributed by atoms with E-state index in [1.54, 1.807) is 0 Å². The Labute approximate surface area is 103 Å². The summed E-state index contributed by atoms with van der Waals surface area (Å²) in [5, 5.41) is 14.1. The number of carbonyl (C=O) groups is 2. The second kappa shape index (κ2) is 7.14. The topological polar surface area (TPSA) is 78.4 Å². The molecule has 0 fully saturated rings. The van der Waals surface area contributed by atoms with Crippen molar-refractivity contribution in [3.05, 3.63) is 0 Å². The quantitative estimate of drug-likeness (QED) is 0.640. The minimum Gasteiger partial charge on any atom is -0.481 e. The maximum atomic E-state index is 11.5. The molecule has 0 aliphatic heterocycles. The molecule has 0 heterocycles. The van der Waals surface area contributed by atoms with Gasteiger partial charge in [-0.2, -0.15) is 0 Å². The molecule has 5 heteroatoms. The van der Waals surface area contributed by atoms with Crippen molar-refractivity contribution in [2.75, 3.05) is 6.54 Å². The molecule has 0 saturated carbocycles. The molecule has 0 rings (SSSR count). The summed E-state index contributed by atoms with van der Waals surface area (Å²) in [7, 11) is 0. The largest absolute Gasteiger partial charge is 0.481 e. The Kier molecular flexibility index (Phi) is 6.61. The monoisotopic (exact) mass is 244 g/mol. The van der Waals surface area contributed by atoms with Crippen LogP contribution >= 0.6 is 0 Å². The van der Waals surface area contributed by atoms with Crippen LogP contribution in [0.3, 0.4) is 0 Å². The molecule has 2 amide bonds. The van der Waals surface area contributed by atoms with Gasteiger partial charge in [-0.15, -0.1) is 0 Å². The Balaban J connectivity index is 3.80. The van der Waals surface area contributed by atoms with Gasteiger partial charge >= 0.3 is 12.0 Å². The highest BCUT2D eigenvalue weighted by Crippen LogP contribution is 2.07. The zero-order valence-corrected chi connectivity index (χ0v) is 11.2. The number of rotatable bonds is 7. The van der Waals surface area contributed by atoms with Gasteiger partial charge in [0.05, 0.1) is 0 Å². The molecule has 100 valence electrons. The summed E-state index contributed by atoms with van der Waals surface area (Å²) in [4.78, 5) is 21.9. The lowest BCUT2D eigenvalue weighted by atomic mass is 10.0. The van der Waals surface area contributed by atoms with Crippen molar-refractivity contribution in [1.82, 2.24) is 10.6 Å². The van der Waals surface area contributed by atoms with Crippen LogP contribution in [-0.2, 0) is 4.79 Å². The van der Waals surface area contributed by atoms with Crippen LogP contribution in [0.2, 0.25) is 0 Å². The highest BCUT2D eigenvalue weighted by atomic mass is 16.4. The highest BCUT2D eigenvalue weighted by molar-refractivity contribution is 5.74. The normalized spacial score (nSPS) is 12.9. The first-order chi connectivity index (χ1) is 7.76. The summed E-state index contributed by atoms with van der Waals surface area (Å²) in [6.07, 6.45) is 1.58. The minimum absolute atomic E-state index is 0.144. The molecule has 5 nitrogen and oxygen atoms in total. The third-order valence-corrected chi connectivity index (χ3v) is 2.80. The molecule has 0 aliphatic rings. The molecule has 0 aromatic rings. The van der Waals surface area contributed by atoms with Crippen LogP contribution in [0.5, 0.6) is 0 Å². The van der Waals surface area contributed by atoms with E-state index in [-0.39, 0.29) is 23.9 Å². The fraction of sp³-hybridized carbons (Fsp3) is 0.833. The van der Waals surface area contributed by atoms with Crippen LogP contribution in [0, 0.1) is 5.92 Å². The molecule has 0 saturated heterocycles. The van der Waals surface area contributed by atoms with Gasteiger partial charge in [-0.25, -0.2) is 4.79 Å². The number of aliphatic carboxylic acids is 1. The van der Waals surface area contributed by atoms with Crippen LogP contribution < -0.4 is 10.6 Å². The summed E-state index contributed by atoms with van der Waals surface area (Å²) in [5.74, 6) is -0.630. The van der Waals surface area contributed by atoms with E-state index in [2.05, 4.69) is 10.6 Å². The number of carboxylic acid groups (broad SMARTS) is 1. The van der Waals surface area contributed by atoms with Crippen molar-refractivity contribution in [2.24, 2.45) is 5.92 Å². The van der Waals surface area contributed by atoms with Crippen LogP contribution in [0.25, 0.3) is 0 Å². The van der Waals surface area contributed by atoms with Gasteiger partial charge in [-0.3, -0.25) is 4.79 Å². The molecule has 1 unspecified atom stereocenters. The SMILES string of the molecule is CCC(C)(C)NC(=O)NCC(C)CCC(=O)O. The first-order valence-electron chi connectivity index (χ1n) is 6.04. The van der Waals surface area contributed by atoms with Crippen LogP contribution in [0.4, 0.5) is 4.79 Å². The molecule has 17 heavy (non-hydrogen) atoms. The molecule has 0 radical (unpaired) electrons. The number of hydrogen-bond acceptors (Lipinski definition) is 2. The lowest BCUT2D eigenvalue weighted by Crippen LogP contribution is -2.48. The summed E-state index contributed by atoms with van der Waals surface area (Å²) >= 11 is 0. The lowest BCUT2D eigenvalue weighted by Gasteiger charge is -2.25. The van der Waals surface area contributed by atoms with Crippen molar-refractivity contribution >= 4 is 12.0 Å². The molecule has 0 spiro atoms. The van der Waals surface area contributed by atoms with Gasteiger partial charge in [0.25, 0.3) is 0 Å². The molecule has 1 atom stereocenters. The van der Waals surface area contributed by atoms with E-state index < -0.39 is 5.97 Å². The highest BCUT2D eigenvalue weighted by Gasteiger charge is 2.17. The van der Waals surface area contributed by atoms with Gasteiger partial charge in [0.1, 0.15) is 0 Å². The first kappa shape index (κ1) is 15.7. The summed E-state index contributed by atoms with van der Waals surface area (Å²) < 4.78 is 0. The van der Waals surface area contributed by atoms with Crippen molar-refractivity contribution in [1.29, 1.82) is 0 Å². The maximum absolute atomic E-state index is 11.5. The Hall–Kier alpha value is -1.26. The van der Waals surface area contributed by atoms with Gasteiger partial charge in [-0.05, 0) is 32.6 Å². The summed E-state index contributed by atoms with van der Waals surface area (Å²) in [6.45, 7) is 8.35. The van der Waals surface area contributed by atoms with Gasteiger partial charge < -0.3 is 15.7 Å². The fourth-order valence-corrected chi connectivity index (χ4v) is 1.18. The Morgan fingerprint density at radius 1 is 1.35 bits per heavy atom. The Morgan fingerprint density at radius 2 is 1.94 bits per heavy atom. The fourth-order valence-electron chi connectivity index (χ4n) is 1.18. The third-order valence-electron chi connectivity index (χ3n) is 2.80. The average Bonchev–Trinajstić information content (AvgIpc) is 2.23. The predicted molar refractivity (Wildman–Crippen MR) is 66.9 cm³/mol. The molecule has 0 aliphatic carbocycles. The molecule has 3 N–H and O–H groups in total. The first-order valence-corrected chi connectivity index (χ1v) is 6.04. The zero-order valence-electron chi connectivity index (χ0n) is 11.2. The van der Waals surface area contributed by atoms with Crippen molar-refractivity contribution in [3.63, 3.8) is 0 Å². The molecule has 0 aromatic heterocycles. The molecule has 0 aromatic carbocycles. The summed E-state index contributed by atoms with van der Waals surface area (Å²) in [6, 6.07) is -0.195. The van der Waals surface area contributed by atoms with Crippen LogP contribution in [0.1, 0.15) is 47.0 Å². The van der Waals surface area contributed by atoms with E-state index in [0.717, 1.165) is 6.42 Å². The number of amides is 2. The van der Waals surface area contributed by atoms with Gasteiger partial charge in [-0.1, -0.05) is 13.8 Å². The van der Waals surface area contributed by atoms with Crippen molar-refractivity contribution in [2.45, 2.75) is 52.5 Å². The van der Waals surface area contributed by atoms with E-state index in [0.29, 0.717) is 13.0 Å². The zero-order chi connectivity index (χ0) is 13.5. The molecular formula is C12H24N2O3. The van der Waals surface area contributed by atoms with E-state index in [9.17, 15) is 9.59 Å². The van der Waals surface area contributed by atoms with E-state index in [1.165, 1.54) is 0 Å². The number of nitrogens with one attached hydrogen (secondary N) is 2. The van der Waals surface area contributed by atoms with Crippen molar-refractivity contribution < 1.29 is 14.7 Å². The Bertz CT molecular complexity index is 264. The predicted octanol–water partition coefficient (Wildman–Crippen LogP) is 1.98. The van der Waals surface area contributed by atoms with Crippen molar-refractivity contribution in [3.8, 4) is 0 Å². The van der Waals surface area contributed by atoms with Crippen LogP contribution in [-0.4, -0.2) is 29.2 Å². The average molecular weight is 244 g/mol. The lowest BCUT2D eigenvalue weighted by molar-refractivity contribution is -0.137. The molecular weight excluding hydrogens is 220 g/mol. The van der Waals surface area contributed by atoms with Gasteiger partial charge in [0, 0.05) is 18.5 Å². The standard InChI is InChI=1S/C12H24N2O3/c1-5-12(3,4)14-11(17)13-8-9(2)6-7-10(15)16/h9H,5-8H2,1-4H3,(H,15,16)(H2,13,14,17). The third kappa shape index (κ3) is 8.54. The Morgan fingerprint density at radius 3 is 2.41 bits per heavy atom. The second-order valence-electron chi connectivity index (χ2n) is 5.11. The number of urea groups is 1. The van der Waals surface area contributed by atoms with Gasteiger partial charge in [0.15, 0.2) is 0 Å². The van der Waals surface area contributed by atoms with E-state index in [1.807, 2.05) is 27.7 Å². The smallest absolute Gasteiger partial charge is 0.315 e. The number of hydrogen-bond donors (Lipinski definition) is 3. The minimum atomic E-state index is -0.798. The number of carbonyl (C=O) groups excluding carboxylic acids is 1. The van der Waals surface area contributed by atoms with E-state index in [4.69, 9.17) is 5.11 Å². The second-order valence-corrected chi connectivity index (χ2v) is 5.11. The number of carboxylic acids is 1. The van der Waals surface area contributed by atoms with Crippen LogP contribution in [0.15, 0.2) is 0 Å². The van der Waals surface area contributed by atoms with E-state index >= 15 is 0 Å². The maximum Gasteiger partial charge on any atom is 0.315 e. The van der Waals surface area contributed by atoms with Gasteiger partial charge in [0.2, 0.25) is 0 Å². The summed E-state index contributed by atoms with van der Waals surface area (Å²) in [5.41, 5.74) is -0.214.